The van der Waals surface area contributed by atoms with E-state index in [2.05, 4.69) is 18.9 Å². The molecule has 1 aromatic rings. The number of aromatic nitrogens is 2. The summed E-state index contributed by atoms with van der Waals surface area (Å²) in [5.41, 5.74) is 8.32. The average Bonchev–Trinajstić information content (AvgIpc) is 2.67. The quantitative estimate of drug-likeness (QED) is 0.913. The molecule has 0 aliphatic carbocycles. The molecule has 0 amide bonds. The van der Waals surface area contributed by atoms with Crippen molar-refractivity contribution in [1.82, 2.24) is 9.78 Å². The third-order valence-electron chi connectivity index (χ3n) is 3.70. The highest BCUT2D eigenvalue weighted by molar-refractivity contribution is 6.31. The van der Waals surface area contributed by atoms with E-state index < -0.39 is 0 Å². The predicted octanol–water partition coefficient (Wildman–Crippen LogP) is 2.17. The van der Waals surface area contributed by atoms with Gasteiger partial charge in [0.05, 0.1) is 16.4 Å². The zero-order valence-electron chi connectivity index (χ0n) is 11.2. The first-order valence-electron chi connectivity index (χ1n) is 6.70. The summed E-state index contributed by atoms with van der Waals surface area (Å²) in [6, 6.07) is 0. The van der Waals surface area contributed by atoms with Gasteiger partial charge in [0.25, 0.3) is 0 Å². The summed E-state index contributed by atoms with van der Waals surface area (Å²) in [4.78, 5) is 0. The van der Waals surface area contributed by atoms with E-state index in [0.717, 1.165) is 61.9 Å². The minimum atomic E-state index is -0.195. The molecule has 2 N–H and O–H groups in total. The molecule has 0 aromatic carbocycles. The van der Waals surface area contributed by atoms with Crippen molar-refractivity contribution in [2.75, 3.05) is 13.2 Å². The molecule has 2 rings (SSSR count). The molecular weight excluding hydrogens is 250 g/mol. The lowest BCUT2D eigenvalue weighted by molar-refractivity contribution is 0.0527. The van der Waals surface area contributed by atoms with E-state index >= 15 is 0 Å². The maximum atomic E-state index is 6.45. The third-order valence-corrected chi connectivity index (χ3v) is 4.14. The van der Waals surface area contributed by atoms with Crippen LogP contribution < -0.4 is 5.73 Å². The molecule has 1 aromatic heterocycles. The SMILES string of the molecule is CCc1nn(CC)c(CC2(N)CCOCC2)c1Cl. The van der Waals surface area contributed by atoms with Crippen molar-refractivity contribution in [1.29, 1.82) is 0 Å². The van der Waals surface area contributed by atoms with E-state index in [1.807, 2.05) is 4.68 Å². The highest BCUT2D eigenvalue weighted by atomic mass is 35.5. The standard InChI is InChI=1S/C13H22ClN3O/c1-3-10-12(14)11(17(4-2)16-10)9-13(15)5-7-18-8-6-13/h3-9,15H2,1-2H3. The maximum Gasteiger partial charge on any atom is 0.0850 e. The van der Waals surface area contributed by atoms with Crippen LogP contribution in [0.3, 0.4) is 0 Å². The zero-order valence-corrected chi connectivity index (χ0v) is 12.0. The monoisotopic (exact) mass is 271 g/mol. The van der Waals surface area contributed by atoms with Crippen LogP contribution in [-0.2, 0) is 24.1 Å². The molecule has 1 saturated heterocycles. The van der Waals surface area contributed by atoms with E-state index in [0.29, 0.717) is 0 Å². The number of aryl methyl sites for hydroxylation is 2. The van der Waals surface area contributed by atoms with Crippen LogP contribution in [0, 0.1) is 0 Å². The smallest absolute Gasteiger partial charge is 0.0850 e. The number of ether oxygens (including phenoxy) is 1. The van der Waals surface area contributed by atoms with Crippen LogP contribution in [0.1, 0.15) is 38.1 Å². The summed E-state index contributed by atoms with van der Waals surface area (Å²) in [7, 11) is 0. The Balaban J connectivity index is 2.24. The van der Waals surface area contributed by atoms with Crippen molar-refractivity contribution >= 4 is 11.6 Å². The van der Waals surface area contributed by atoms with Gasteiger partial charge in [0.1, 0.15) is 0 Å². The molecule has 0 atom stereocenters. The second-order valence-electron chi connectivity index (χ2n) is 5.03. The van der Waals surface area contributed by atoms with Crippen molar-refractivity contribution in [3.8, 4) is 0 Å². The number of hydrogen-bond acceptors (Lipinski definition) is 3. The lowest BCUT2D eigenvalue weighted by atomic mass is 9.86. The number of nitrogens with two attached hydrogens (primary N) is 1. The van der Waals surface area contributed by atoms with Gasteiger partial charge in [-0.2, -0.15) is 5.10 Å². The fraction of sp³-hybridized carbons (Fsp3) is 0.769. The van der Waals surface area contributed by atoms with Crippen molar-refractivity contribution in [3.05, 3.63) is 16.4 Å². The topological polar surface area (TPSA) is 53.1 Å². The average molecular weight is 272 g/mol. The van der Waals surface area contributed by atoms with Crippen LogP contribution >= 0.6 is 11.6 Å². The van der Waals surface area contributed by atoms with Crippen molar-refractivity contribution < 1.29 is 4.74 Å². The van der Waals surface area contributed by atoms with Crippen LogP contribution in [-0.4, -0.2) is 28.5 Å². The van der Waals surface area contributed by atoms with Gasteiger partial charge in [-0.25, -0.2) is 0 Å². The van der Waals surface area contributed by atoms with E-state index in [1.165, 1.54) is 0 Å². The Kier molecular flexibility index (Phi) is 4.30. The minimum Gasteiger partial charge on any atom is -0.381 e. The molecule has 1 fully saturated rings. The molecule has 0 saturated carbocycles. The molecule has 18 heavy (non-hydrogen) atoms. The minimum absolute atomic E-state index is 0.195. The van der Waals surface area contributed by atoms with E-state index in [1.54, 1.807) is 0 Å². The second kappa shape index (κ2) is 5.59. The number of nitrogens with zero attached hydrogens (tertiary/aromatic N) is 2. The Morgan fingerprint density at radius 3 is 2.61 bits per heavy atom. The molecule has 1 aliphatic heterocycles. The van der Waals surface area contributed by atoms with Crippen LogP contribution in [0.25, 0.3) is 0 Å². The first-order chi connectivity index (χ1) is 8.59. The molecular formula is C13H22ClN3O. The first kappa shape index (κ1) is 13.8. The van der Waals surface area contributed by atoms with Crippen LogP contribution in [0.5, 0.6) is 0 Å². The summed E-state index contributed by atoms with van der Waals surface area (Å²) in [5, 5.41) is 5.34. The van der Waals surface area contributed by atoms with Crippen LogP contribution in [0.4, 0.5) is 0 Å². The highest BCUT2D eigenvalue weighted by Crippen LogP contribution is 2.28. The van der Waals surface area contributed by atoms with Gasteiger partial charge >= 0.3 is 0 Å². The van der Waals surface area contributed by atoms with Gasteiger partial charge in [0.2, 0.25) is 0 Å². The van der Waals surface area contributed by atoms with Gasteiger partial charge in [-0.1, -0.05) is 18.5 Å². The Morgan fingerprint density at radius 1 is 1.39 bits per heavy atom. The molecule has 0 bridgehead atoms. The maximum absolute atomic E-state index is 6.45. The van der Waals surface area contributed by atoms with E-state index in [-0.39, 0.29) is 5.54 Å². The van der Waals surface area contributed by atoms with E-state index in [9.17, 15) is 0 Å². The van der Waals surface area contributed by atoms with Gasteiger partial charge in [-0.05, 0) is 26.2 Å². The zero-order chi connectivity index (χ0) is 13.2. The number of rotatable bonds is 4. The van der Waals surface area contributed by atoms with Crippen molar-refractivity contribution in [3.63, 3.8) is 0 Å². The fourth-order valence-corrected chi connectivity index (χ4v) is 2.81. The molecule has 0 unspecified atom stereocenters. The Bertz CT molecular complexity index is 411. The molecule has 0 radical (unpaired) electrons. The largest absolute Gasteiger partial charge is 0.381 e. The lowest BCUT2D eigenvalue weighted by Crippen LogP contribution is -2.47. The van der Waals surface area contributed by atoms with Gasteiger partial charge in [0.15, 0.2) is 0 Å². The summed E-state index contributed by atoms with van der Waals surface area (Å²) in [5.74, 6) is 0. The van der Waals surface area contributed by atoms with Crippen molar-refractivity contribution in [2.45, 2.75) is 51.6 Å². The normalized spacial score (nSPS) is 19.1. The summed E-state index contributed by atoms with van der Waals surface area (Å²) < 4.78 is 7.37. The van der Waals surface area contributed by atoms with Crippen molar-refractivity contribution in [2.24, 2.45) is 5.73 Å². The predicted molar refractivity (Wildman–Crippen MR) is 73.0 cm³/mol. The molecule has 4 nitrogen and oxygen atoms in total. The lowest BCUT2D eigenvalue weighted by Gasteiger charge is -2.33. The fourth-order valence-electron chi connectivity index (χ4n) is 2.47. The summed E-state index contributed by atoms with van der Waals surface area (Å²) >= 11 is 6.42. The Morgan fingerprint density at radius 2 is 2.06 bits per heavy atom. The molecule has 5 heteroatoms. The van der Waals surface area contributed by atoms with E-state index in [4.69, 9.17) is 22.1 Å². The van der Waals surface area contributed by atoms with Crippen LogP contribution in [0.15, 0.2) is 0 Å². The molecule has 0 spiro atoms. The summed E-state index contributed by atoms with van der Waals surface area (Å²) in [6.45, 7) is 6.48. The molecule has 2 heterocycles. The van der Waals surface area contributed by atoms with Gasteiger partial charge in [-0.15, -0.1) is 0 Å². The third kappa shape index (κ3) is 2.71. The Labute approximate surface area is 113 Å². The summed E-state index contributed by atoms with van der Waals surface area (Å²) in [6.07, 6.45) is 3.43. The number of hydrogen-bond donors (Lipinski definition) is 1. The van der Waals surface area contributed by atoms with Gasteiger partial charge in [-0.3, -0.25) is 4.68 Å². The van der Waals surface area contributed by atoms with Gasteiger partial charge < -0.3 is 10.5 Å². The highest BCUT2D eigenvalue weighted by Gasteiger charge is 2.31. The first-order valence-corrected chi connectivity index (χ1v) is 7.08. The second-order valence-corrected chi connectivity index (χ2v) is 5.41. The van der Waals surface area contributed by atoms with Gasteiger partial charge in [0, 0.05) is 31.7 Å². The molecule has 1 aliphatic rings. The molecule has 102 valence electrons. The number of halogens is 1. The van der Waals surface area contributed by atoms with Crippen LogP contribution in [0.2, 0.25) is 5.02 Å². The Hall–Kier alpha value is -0.580.